The normalized spacial score (nSPS) is 13.7. The molecule has 2 aliphatic rings. The molecule has 2 aliphatic carbocycles. The molecule has 1 atom stereocenters. The van der Waals surface area contributed by atoms with E-state index >= 15 is 0 Å². The first-order valence-electron chi connectivity index (χ1n) is 35.1. The van der Waals surface area contributed by atoms with Gasteiger partial charge in [0, 0.05) is 87.4 Å². The summed E-state index contributed by atoms with van der Waals surface area (Å²) in [5, 5.41) is 20.5. The topological polar surface area (TPSA) is 52.9 Å². The first-order chi connectivity index (χ1) is 49.6. The molecule has 0 fully saturated rings. The molecule has 6 aromatic heterocycles. The van der Waals surface area contributed by atoms with Gasteiger partial charge < -0.3 is 4.40 Å². The van der Waals surface area contributed by atoms with Gasteiger partial charge in [-0.05, 0) is 145 Å². The number of hydrogen-bond acceptors (Lipinski definition) is 3. The minimum absolute atomic E-state index is 0.155. The summed E-state index contributed by atoms with van der Waals surface area (Å²) in [5.41, 5.74) is 26.2. The fraction of sp³-hybridized carbons (Fsp3) is 0.0532. The maximum absolute atomic E-state index is 5.98. The smallest absolute Gasteiger partial charge is 0.235 e. The first-order valence-corrected chi connectivity index (χ1v) is 35.1. The van der Waals surface area contributed by atoms with Gasteiger partial charge in [-0.1, -0.05) is 250 Å². The van der Waals surface area contributed by atoms with E-state index in [-0.39, 0.29) is 5.92 Å². The Hall–Kier alpha value is -12.8. The quantitative estimate of drug-likeness (QED) is 0.167. The summed E-state index contributed by atoms with van der Waals surface area (Å²) in [5.74, 6) is 1.79. The van der Waals surface area contributed by atoms with E-state index in [0.717, 1.165) is 91.6 Å². The van der Waals surface area contributed by atoms with Crippen LogP contribution in [0.5, 0.6) is 0 Å². The number of nitrogens with zero attached hydrogens (tertiary/aromatic N) is 6. The Balaban J connectivity index is 0.779. The Morgan fingerprint density at radius 2 is 0.970 bits per heavy atom. The molecule has 2 bridgehead atoms. The lowest BCUT2D eigenvalue weighted by Crippen LogP contribution is -2.08. The molecule has 464 valence electrons. The van der Waals surface area contributed by atoms with Crippen molar-refractivity contribution in [3.8, 4) is 67.7 Å². The van der Waals surface area contributed by atoms with Crippen LogP contribution in [0.2, 0.25) is 0 Å². The number of rotatable bonds is 6. The molecule has 0 N–H and O–H groups in total. The second-order valence-electron chi connectivity index (χ2n) is 27.8. The number of aryl methyl sites for hydroxylation is 1. The SMILES string of the molecule is CCc1c(-n2c3ccccc3c3cc4c5c(c32)-c2ccc3cc(-c6ccc7c8cc9c%10ccccc%10n%10c%11c%12ccccc%12ccc%11c(c8n(-c8nc(-c%11ccccc%11)c%11ccccc%11n8)c7c6)c9%10)ccc3c2C(CC5)c2ccccc2-4)nc(-c2ccc3ccccc3c2)c2ccccc12. The summed E-state index contributed by atoms with van der Waals surface area (Å²) in [7, 11) is 0. The van der Waals surface area contributed by atoms with Crippen LogP contribution in [0, 0.1) is 0 Å². The molecule has 0 amide bonds. The van der Waals surface area contributed by atoms with Crippen molar-refractivity contribution in [3.63, 3.8) is 0 Å². The fourth-order valence-electron chi connectivity index (χ4n) is 18.7. The molecule has 6 heteroatoms. The highest BCUT2D eigenvalue weighted by atomic mass is 15.2. The van der Waals surface area contributed by atoms with Crippen LogP contribution >= 0.6 is 0 Å². The number of hydrogen-bond donors (Lipinski definition) is 0. The molecule has 1 unspecified atom stereocenters. The second kappa shape index (κ2) is 20.2. The van der Waals surface area contributed by atoms with Crippen LogP contribution in [0.1, 0.15) is 41.5 Å². The standard InChI is InChI=1S/C94H58N6/c1-2-61-64-26-12-13-31-72(64)88(60-37-36-53-20-6-7-24-56(53)49-60)96-93(61)99-82-35-19-16-30-68(82)77-51-76-66-28-11-10-27-65(66)70-46-47-71(76)85(90(77)99)74-44-41-59-48-57(39-42-62(59)84(70)74)58-40-43-69-79-52-78-67-29-15-18-34-81(67)98-89-63-25-9-8-21-54(63)38-45-75(89)86(91(78)98)92(79)100(83(69)50-58)94-95-80-33-17-14-32-73(80)87(97-94)55-22-4-3-5-23-55/h3-45,48-52,70H,2,46-47H2,1H3. The van der Waals surface area contributed by atoms with Gasteiger partial charge >= 0.3 is 0 Å². The van der Waals surface area contributed by atoms with Crippen LogP contribution < -0.4 is 0 Å². The van der Waals surface area contributed by atoms with Crippen LogP contribution in [0.15, 0.2) is 291 Å². The summed E-state index contributed by atoms with van der Waals surface area (Å²) in [6.45, 7) is 2.30. The third kappa shape index (κ3) is 7.28. The lowest BCUT2D eigenvalue weighted by molar-refractivity contribution is 0.740. The molecule has 0 aliphatic heterocycles. The molecule has 0 saturated carbocycles. The Morgan fingerprint density at radius 1 is 0.350 bits per heavy atom. The zero-order valence-corrected chi connectivity index (χ0v) is 54.6. The predicted molar refractivity (Wildman–Crippen MR) is 417 cm³/mol. The summed E-state index contributed by atoms with van der Waals surface area (Å²) >= 11 is 0. The molecular formula is C94H58N6. The minimum Gasteiger partial charge on any atom is -0.307 e. The van der Waals surface area contributed by atoms with Gasteiger partial charge in [0.05, 0.1) is 55.5 Å². The Morgan fingerprint density at radius 3 is 1.83 bits per heavy atom. The summed E-state index contributed by atoms with van der Waals surface area (Å²) in [6, 6.07) is 109. The molecule has 15 aromatic carbocycles. The number of benzene rings is 15. The Kier molecular flexibility index (Phi) is 11.0. The highest BCUT2D eigenvalue weighted by Gasteiger charge is 2.36. The maximum atomic E-state index is 5.98. The van der Waals surface area contributed by atoms with E-state index in [0.29, 0.717) is 5.95 Å². The molecule has 0 radical (unpaired) electrons. The maximum Gasteiger partial charge on any atom is 0.235 e. The van der Waals surface area contributed by atoms with Gasteiger partial charge in [-0.3, -0.25) is 9.13 Å². The molecular weight excluding hydrogens is 1210 g/mol. The molecule has 6 nitrogen and oxygen atoms in total. The largest absolute Gasteiger partial charge is 0.307 e. The van der Waals surface area contributed by atoms with Gasteiger partial charge in [0.15, 0.2) is 0 Å². The van der Waals surface area contributed by atoms with Gasteiger partial charge in [0.25, 0.3) is 0 Å². The molecule has 0 saturated heterocycles. The fourth-order valence-corrected chi connectivity index (χ4v) is 18.7. The van der Waals surface area contributed by atoms with Crippen molar-refractivity contribution in [2.75, 3.05) is 0 Å². The average molecular weight is 1270 g/mol. The van der Waals surface area contributed by atoms with E-state index in [4.69, 9.17) is 15.0 Å². The molecule has 6 heterocycles. The number of fused-ring (bicyclic) bond motifs is 29. The molecule has 100 heavy (non-hydrogen) atoms. The van der Waals surface area contributed by atoms with E-state index in [1.54, 1.807) is 0 Å². The average Bonchev–Trinajstić information content (AvgIpc) is 1.51. The zero-order chi connectivity index (χ0) is 65.2. The summed E-state index contributed by atoms with van der Waals surface area (Å²) in [4.78, 5) is 17.3. The zero-order valence-electron chi connectivity index (χ0n) is 54.6. The van der Waals surface area contributed by atoms with E-state index in [1.807, 2.05) is 0 Å². The van der Waals surface area contributed by atoms with Gasteiger partial charge in [-0.25, -0.2) is 15.0 Å². The van der Waals surface area contributed by atoms with Crippen molar-refractivity contribution >= 4 is 136 Å². The second-order valence-corrected chi connectivity index (χ2v) is 27.8. The molecule has 0 spiro atoms. The third-order valence-electron chi connectivity index (χ3n) is 22.9. The van der Waals surface area contributed by atoms with Crippen molar-refractivity contribution in [2.24, 2.45) is 0 Å². The highest BCUT2D eigenvalue weighted by molar-refractivity contribution is 6.36. The van der Waals surface area contributed by atoms with Gasteiger partial charge in [-0.2, -0.15) is 0 Å². The number of pyridine rings is 1. The van der Waals surface area contributed by atoms with Crippen molar-refractivity contribution in [1.82, 2.24) is 28.5 Å². The summed E-state index contributed by atoms with van der Waals surface area (Å²) in [6.07, 6.45) is 2.76. The van der Waals surface area contributed by atoms with Crippen LogP contribution in [0.3, 0.4) is 0 Å². The van der Waals surface area contributed by atoms with Crippen LogP contribution in [0.4, 0.5) is 0 Å². The van der Waals surface area contributed by atoms with Gasteiger partial charge in [-0.15, -0.1) is 0 Å². The van der Waals surface area contributed by atoms with Crippen molar-refractivity contribution in [1.29, 1.82) is 0 Å². The lowest BCUT2D eigenvalue weighted by atomic mass is 9.77. The van der Waals surface area contributed by atoms with Gasteiger partial charge in [0.2, 0.25) is 5.95 Å². The van der Waals surface area contributed by atoms with E-state index in [2.05, 4.69) is 312 Å². The van der Waals surface area contributed by atoms with Crippen molar-refractivity contribution < 1.29 is 0 Å². The van der Waals surface area contributed by atoms with E-state index < -0.39 is 0 Å². The predicted octanol–water partition coefficient (Wildman–Crippen LogP) is 24.3. The van der Waals surface area contributed by atoms with Gasteiger partial charge in [0.1, 0.15) is 5.82 Å². The number of para-hydroxylation sites is 3. The minimum atomic E-state index is 0.155. The highest BCUT2D eigenvalue weighted by Crippen LogP contribution is 2.57. The van der Waals surface area contributed by atoms with E-state index in [1.165, 1.54) is 147 Å². The first kappa shape index (κ1) is 54.4. The molecule has 21 aromatic rings. The van der Waals surface area contributed by atoms with Crippen LogP contribution in [-0.4, -0.2) is 28.5 Å². The lowest BCUT2D eigenvalue weighted by Gasteiger charge is -2.27. The third-order valence-corrected chi connectivity index (χ3v) is 22.9. The van der Waals surface area contributed by atoms with Crippen molar-refractivity contribution in [3.05, 3.63) is 313 Å². The van der Waals surface area contributed by atoms with E-state index in [9.17, 15) is 0 Å². The monoisotopic (exact) mass is 1270 g/mol. The molecule has 23 rings (SSSR count). The number of aromatic nitrogens is 6. The van der Waals surface area contributed by atoms with Crippen LogP contribution in [-0.2, 0) is 12.8 Å². The van der Waals surface area contributed by atoms with Crippen molar-refractivity contribution in [2.45, 2.75) is 32.1 Å². The Labute approximate surface area is 573 Å². The Bertz CT molecular complexity index is 7210. The van der Waals surface area contributed by atoms with Crippen LogP contribution in [0.25, 0.3) is 203 Å². The summed E-state index contributed by atoms with van der Waals surface area (Å²) < 4.78 is 7.52.